The van der Waals surface area contributed by atoms with Crippen molar-refractivity contribution in [3.05, 3.63) is 36.5 Å². The zero-order chi connectivity index (χ0) is 13.6. The lowest BCUT2D eigenvalue weighted by atomic mass is 10.3. The van der Waals surface area contributed by atoms with E-state index in [0.29, 0.717) is 0 Å². The molecule has 0 aliphatic rings. The van der Waals surface area contributed by atoms with E-state index in [4.69, 9.17) is 0 Å². The number of hydrogen-bond donors (Lipinski definition) is 3. The van der Waals surface area contributed by atoms with Crippen molar-refractivity contribution in [2.45, 2.75) is 6.18 Å². The summed E-state index contributed by atoms with van der Waals surface area (Å²) in [5, 5.41) is 2.67. The zero-order valence-electron chi connectivity index (χ0n) is 9.29. The first-order valence-corrected chi connectivity index (χ1v) is 5.00. The third-order valence-electron chi connectivity index (χ3n) is 1.93. The Hall–Kier alpha value is -2.18. The highest BCUT2D eigenvalue weighted by molar-refractivity contribution is 5.78. The summed E-state index contributed by atoms with van der Waals surface area (Å²) in [4.78, 5) is 12.8. The van der Waals surface area contributed by atoms with Gasteiger partial charge in [0.1, 0.15) is 6.54 Å². The first-order valence-electron chi connectivity index (χ1n) is 5.00. The van der Waals surface area contributed by atoms with Crippen LogP contribution < -0.4 is 11.1 Å². The van der Waals surface area contributed by atoms with Crippen molar-refractivity contribution in [1.29, 1.82) is 0 Å². The molecule has 0 spiro atoms. The van der Waals surface area contributed by atoms with Crippen molar-refractivity contribution in [3.8, 4) is 0 Å². The summed E-state index contributed by atoms with van der Waals surface area (Å²) in [5.74, 6) is 0. The van der Waals surface area contributed by atoms with Gasteiger partial charge < -0.3 is 16.0 Å². The molecule has 1 aromatic carbocycles. The van der Waals surface area contributed by atoms with Crippen LogP contribution in [-0.2, 0) is 0 Å². The van der Waals surface area contributed by atoms with Gasteiger partial charge in [0, 0.05) is 11.7 Å². The van der Waals surface area contributed by atoms with Crippen molar-refractivity contribution in [1.82, 2.24) is 10.3 Å². The van der Waals surface area contributed by atoms with Crippen LogP contribution in [-0.4, -0.2) is 23.7 Å². The maximum Gasteiger partial charge on any atom is 0.405 e. The smallest absolute Gasteiger partial charge is 0.361 e. The van der Waals surface area contributed by atoms with Crippen LogP contribution in [0.5, 0.6) is 0 Å². The van der Waals surface area contributed by atoms with Gasteiger partial charge in [-0.1, -0.05) is 18.2 Å². The Morgan fingerprint density at radius 1 is 1.28 bits per heavy atom. The lowest BCUT2D eigenvalue weighted by molar-refractivity contribution is -0.122. The number of urea groups is 1. The van der Waals surface area contributed by atoms with Gasteiger partial charge in [0.25, 0.3) is 0 Å². The van der Waals surface area contributed by atoms with Gasteiger partial charge in [-0.3, -0.25) is 0 Å². The fourth-order valence-electron chi connectivity index (χ4n) is 1.18. The van der Waals surface area contributed by atoms with Crippen LogP contribution in [0.4, 0.5) is 18.0 Å². The monoisotopic (exact) mass is 259 g/mol. The van der Waals surface area contributed by atoms with E-state index in [-0.39, 0.29) is 0 Å². The van der Waals surface area contributed by atoms with E-state index in [0.717, 1.165) is 0 Å². The molecule has 0 saturated carbocycles. The summed E-state index contributed by atoms with van der Waals surface area (Å²) in [6.07, 6.45) is -2.43. The topological polar surface area (TPSA) is 70.9 Å². The van der Waals surface area contributed by atoms with E-state index < -0.39 is 18.8 Å². The molecule has 0 bridgehead atoms. The minimum absolute atomic E-state index is 1.17. The van der Waals surface area contributed by atoms with Gasteiger partial charge in [-0.2, -0.15) is 13.2 Å². The molecule has 0 radical (unpaired) electrons. The molecule has 4 nitrogen and oxygen atoms in total. The highest BCUT2D eigenvalue weighted by Gasteiger charge is 2.26. The molecule has 0 atom stereocenters. The normalized spacial score (nSPS) is 10.6. The molecule has 0 aliphatic carbocycles. The first kappa shape index (κ1) is 13.9. The van der Waals surface area contributed by atoms with E-state index in [2.05, 4.69) is 28.9 Å². The second-order valence-corrected chi connectivity index (χ2v) is 3.40. The summed E-state index contributed by atoms with van der Waals surface area (Å²) in [5.41, 5.74) is 5.56. The Morgan fingerprint density at radius 3 is 2.44 bits per heavy atom. The maximum absolute atomic E-state index is 11.1. The number of amides is 2. The van der Waals surface area contributed by atoms with Crippen molar-refractivity contribution in [2.75, 3.05) is 6.54 Å². The molecular weight excluding hydrogens is 247 g/mol. The van der Waals surface area contributed by atoms with Gasteiger partial charge in [-0.05, 0) is 17.5 Å². The third-order valence-corrected chi connectivity index (χ3v) is 1.93. The number of carbonyl (C=O) groups excluding carboxylic acids is 1. The molecule has 2 amide bonds. The quantitative estimate of drug-likeness (QED) is 0.723. The maximum atomic E-state index is 11.1. The number of rotatable bonds is 1. The molecule has 2 aromatic rings. The zero-order valence-corrected chi connectivity index (χ0v) is 9.29. The van der Waals surface area contributed by atoms with Crippen molar-refractivity contribution < 1.29 is 18.0 Å². The number of fused-ring (bicyclic) bond motifs is 1. The molecule has 1 heterocycles. The highest BCUT2D eigenvalue weighted by Crippen LogP contribution is 2.11. The molecule has 0 aliphatic heterocycles. The molecule has 18 heavy (non-hydrogen) atoms. The fourth-order valence-corrected chi connectivity index (χ4v) is 1.18. The van der Waals surface area contributed by atoms with Crippen LogP contribution in [0.3, 0.4) is 0 Å². The molecule has 4 N–H and O–H groups in total. The summed E-state index contributed by atoms with van der Waals surface area (Å²) in [6, 6.07) is 9.11. The Kier molecular flexibility index (Phi) is 4.59. The number of nitrogens with one attached hydrogen (secondary N) is 2. The number of primary amides is 1. The summed E-state index contributed by atoms with van der Waals surface area (Å²) in [6.45, 7) is -1.37. The molecule has 98 valence electrons. The molecular formula is C11H12F3N3O. The van der Waals surface area contributed by atoms with Crippen LogP contribution in [0.25, 0.3) is 10.9 Å². The van der Waals surface area contributed by atoms with Crippen LogP contribution in [0, 0.1) is 0 Å². The Labute approximate surface area is 101 Å². The largest absolute Gasteiger partial charge is 0.405 e. The highest BCUT2D eigenvalue weighted by atomic mass is 19.4. The summed E-state index contributed by atoms with van der Waals surface area (Å²) < 4.78 is 33.4. The molecule has 0 fully saturated rings. The van der Waals surface area contributed by atoms with E-state index >= 15 is 0 Å². The number of aromatic nitrogens is 1. The number of nitrogens with two attached hydrogens (primary N) is 1. The number of benzene rings is 1. The number of alkyl halides is 3. The van der Waals surface area contributed by atoms with Crippen molar-refractivity contribution in [3.63, 3.8) is 0 Å². The second kappa shape index (κ2) is 5.95. The van der Waals surface area contributed by atoms with Crippen molar-refractivity contribution >= 4 is 16.9 Å². The van der Waals surface area contributed by atoms with Crippen LogP contribution in [0.15, 0.2) is 36.5 Å². The predicted octanol–water partition coefficient (Wildman–Crippen LogP) is 2.38. The minimum atomic E-state index is -4.38. The van der Waals surface area contributed by atoms with E-state index in [9.17, 15) is 18.0 Å². The third kappa shape index (κ3) is 5.24. The molecule has 7 heteroatoms. The second-order valence-electron chi connectivity index (χ2n) is 3.40. The minimum Gasteiger partial charge on any atom is -0.361 e. The number of H-pyrrole nitrogens is 1. The Bertz CT molecular complexity index is 477. The summed E-state index contributed by atoms with van der Waals surface area (Å²) in [7, 11) is 0. The van der Waals surface area contributed by atoms with Gasteiger partial charge in [0.15, 0.2) is 0 Å². The Morgan fingerprint density at radius 2 is 1.94 bits per heavy atom. The van der Waals surface area contributed by atoms with Gasteiger partial charge in [-0.25, -0.2) is 4.79 Å². The first-order chi connectivity index (χ1) is 8.38. The lowest BCUT2D eigenvalue weighted by Gasteiger charge is -2.04. The van der Waals surface area contributed by atoms with Gasteiger partial charge in [0.2, 0.25) is 0 Å². The van der Waals surface area contributed by atoms with Crippen molar-refractivity contribution in [2.24, 2.45) is 5.73 Å². The van der Waals surface area contributed by atoms with Crippen LogP contribution >= 0.6 is 0 Å². The SMILES string of the molecule is NC(=O)NCC(F)(F)F.c1ccc2[nH]ccc2c1. The van der Waals surface area contributed by atoms with E-state index in [1.807, 2.05) is 18.3 Å². The van der Waals surface area contributed by atoms with Gasteiger partial charge >= 0.3 is 12.2 Å². The lowest BCUT2D eigenvalue weighted by Crippen LogP contribution is -2.37. The Balaban J connectivity index is 0.000000180. The predicted molar refractivity (Wildman–Crippen MR) is 61.9 cm³/mol. The van der Waals surface area contributed by atoms with Crippen LogP contribution in [0.1, 0.15) is 0 Å². The molecule has 1 aromatic heterocycles. The number of hydrogen-bond acceptors (Lipinski definition) is 1. The standard InChI is InChI=1S/C8H7N.C3H5F3N2O/c1-2-4-8-7(3-1)5-6-9-8;4-3(5,6)1-8-2(7)9/h1-6,9H;1H2,(H3,7,8,9). The van der Waals surface area contributed by atoms with Gasteiger partial charge in [-0.15, -0.1) is 0 Å². The molecule has 0 unspecified atom stereocenters. The van der Waals surface area contributed by atoms with E-state index in [1.165, 1.54) is 16.2 Å². The average Bonchev–Trinajstić information content (AvgIpc) is 2.74. The summed E-state index contributed by atoms with van der Waals surface area (Å²) >= 11 is 0. The van der Waals surface area contributed by atoms with E-state index in [1.54, 1.807) is 0 Å². The fraction of sp³-hybridized carbons (Fsp3) is 0.182. The van der Waals surface area contributed by atoms with Crippen LogP contribution in [0.2, 0.25) is 0 Å². The number of carbonyl (C=O) groups is 1. The average molecular weight is 259 g/mol. The van der Waals surface area contributed by atoms with Gasteiger partial charge in [0.05, 0.1) is 0 Å². The molecule has 2 rings (SSSR count). The number of halogens is 3. The molecule has 0 saturated heterocycles. The number of para-hydroxylation sites is 1. The number of aromatic amines is 1.